The third-order valence-corrected chi connectivity index (χ3v) is 1.79. The topological polar surface area (TPSA) is 76.2 Å². The number of halogens is 1. The van der Waals surface area contributed by atoms with Crippen LogP contribution in [0, 0.1) is 6.92 Å². The monoisotopic (exact) mass is 186 g/mol. The predicted molar refractivity (Wildman–Crippen MR) is 45.4 cm³/mol. The molecule has 0 radical (unpaired) electrons. The van der Waals surface area contributed by atoms with Crippen molar-refractivity contribution in [1.82, 2.24) is 4.98 Å². The number of nitrogens with two attached hydrogens (primary N) is 1. The van der Waals surface area contributed by atoms with Crippen LogP contribution < -0.4 is 5.73 Å². The van der Waals surface area contributed by atoms with Gasteiger partial charge in [0.1, 0.15) is 11.4 Å². The molecule has 1 heterocycles. The zero-order valence-corrected chi connectivity index (χ0v) is 7.09. The Morgan fingerprint density at radius 3 is 2.83 bits per heavy atom. The summed E-state index contributed by atoms with van der Waals surface area (Å²) in [6.07, 6.45) is 0. The second kappa shape index (κ2) is 2.98. The molecule has 12 heavy (non-hydrogen) atoms. The summed E-state index contributed by atoms with van der Waals surface area (Å²) in [5, 5.41) is 8.91. The summed E-state index contributed by atoms with van der Waals surface area (Å²) < 4.78 is 0. The highest BCUT2D eigenvalue weighted by Gasteiger charge is 2.11. The lowest BCUT2D eigenvalue weighted by atomic mass is 10.2. The molecular weight excluding hydrogens is 180 g/mol. The predicted octanol–water partition coefficient (Wildman–Crippen LogP) is 1.32. The van der Waals surface area contributed by atoms with E-state index in [0.717, 1.165) is 0 Å². The first-order chi connectivity index (χ1) is 5.52. The minimum Gasteiger partial charge on any atom is -0.478 e. The third-order valence-electron chi connectivity index (χ3n) is 1.41. The average molecular weight is 187 g/mol. The van der Waals surface area contributed by atoms with E-state index < -0.39 is 5.97 Å². The van der Waals surface area contributed by atoms with E-state index in [9.17, 15) is 4.79 Å². The Morgan fingerprint density at radius 2 is 2.33 bits per heavy atom. The van der Waals surface area contributed by atoms with Crippen LogP contribution in [-0.2, 0) is 0 Å². The molecule has 0 aromatic carbocycles. The van der Waals surface area contributed by atoms with Crippen molar-refractivity contribution < 1.29 is 9.90 Å². The van der Waals surface area contributed by atoms with Crippen LogP contribution in [-0.4, -0.2) is 16.1 Å². The maximum Gasteiger partial charge on any atom is 0.339 e. The minimum absolute atomic E-state index is 0.00981. The van der Waals surface area contributed by atoms with E-state index >= 15 is 0 Å². The number of carbonyl (C=O) groups is 1. The lowest BCUT2D eigenvalue weighted by molar-refractivity contribution is 0.0697. The molecule has 0 saturated heterocycles. The molecule has 1 aromatic heterocycles. The van der Waals surface area contributed by atoms with Crippen LogP contribution in [0.25, 0.3) is 0 Å². The summed E-state index contributed by atoms with van der Waals surface area (Å²) in [5.41, 5.74) is 5.80. The van der Waals surface area contributed by atoms with E-state index in [2.05, 4.69) is 4.98 Å². The number of nitrogens with zero attached hydrogens (tertiary/aromatic N) is 1. The molecule has 0 saturated carbocycles. The Kier molecular flexibility index (Phi) is 2.19. The van der Waals surface area contributed by atoms with Crippen LogP contribution in [0.1, 0.15) is 16.1 Å². The first-order valence-corrected chi connectivity index (χ1v) is 3.56. The normalized spacial score (nSPS) is 9.83. The Labute approximate surface area is 74.0 Å². The number of carboxylic acid groups (broad SMARTS) is 1. The lowest BCUT2D eigenvalue weighted by Crippen LogP contribution is -2.05. The molecule has 1 aromatic rings. The minimum atomic E-state index is -1.12. The van der Waals surface area contributed by atoms with Crippen LogP contribution in [0.4, 0.5) is 5.82 Å². The van der Waals surface area contributed by atoms with Crippen LogP contribution >= 0.6 is 11.6 Å². The highest BCUT2D eigenvalue weighted by molar-refractivity contribution is 6.31. The van der Waals surface area contributed by atoms with E-state index in [0.29, 0.717) is 10.7 Å². The number of aromatic carboxylic acids is 1. The molecule has 4 nitrogen and oxygen atoms in total. The van der Waals surface area contributed by atoms with Crippen LogP contribution in [0.5, 0.6) is 0 Å². The van der Waals surface area contributed by atoms with Gasteiger partial charge in [-0.05, 0) is 13.0 Å². The summed E-state index contributed by atoms with van der Waals surface area (Å²) in [6.45, 7) is 1.66. The van der Waals surface area contributed by atoms with Gasteiger partial charge in [-0.2, -0.15) is 0 Å². The first-order valence-electron chi connectivity index (χ1n) is 3.18. The zero-order valence-electron chi connectivity index (χ0n) is 6.34. The number of pyridine rings is 1. The maximum atomic E-state index is 10.5. The SMILES string of the molecule is Cc1nc(N)c(C(=O)O)cc1Cl. The molecule has 0 aliphatic carbocycles. The van der Waals surface area contributed by atoms with Gasteiger partial charge in [0.2, 0.25) is 0 Å². The Morgan fingerprint density at radius 1 is 1.75 bits per heavy atom. The number of rotatable bonds is 1. The van der Waals surface area contributed by atoms with Crippen molar-refractivity contribution in [3.63, 3.8) is 0 Å². The summed E-state index contributed by atoms with van der Waals surface area (Å²) in [7, 11) is 0. The molecule has 0 unspecified atom stereocenters. The molecule has 0 fully saturated rings. The number of anilines is 1. The smallest absolute Gasteiger partial charge is 0.339 e. The molecule has 0 aliphatic rings. The van der Waals surface area contributed by atoms with Crippen molar-refractivity contribution in [3.05, 3.63) is 22.3 Å². The molecule has 0 bridgehead atoms. The zero-order chi connectivity index (χ0) is 9.30. The number of aryl methyl sites for hydroxylation is 1. The lowest BCUT2D eigenvalue weighted by Gasteiger charge is -2.02. The van der Waals surface area contributed by atoms with E-state index in [4.69, 9.17) is 22.4 Å². The first kappa shape index (κ1) is 8.80. The number of hydrogen-bond donors (Lipinski definition) is 2. The fourth-order valence-electron chi connectivity index (χ4n) is 0.771. The van der Waals surface area contributed by atoms with Gasteiger partial charge in [-0.25, -0.2) is 9.78 Å². The molecule has 0 amide bonds. The van der Waals surface area contributed by atoms with E-state index in [-0.39, 0.29) is 11.4 Å². The second-order valence-corrected chi connectivity index (χ2v) is 2.70. The molecule has 1 rings (SSSR count). The molecule has 0 atom stereocenters. The van der Waals surface area contributed by atoms with Gasteiger partial charge in [0.25, 0.3) is 0 Å². The Hall–Kier alpha value is -1.29. The third kappa shape index (κ3) is 1.48. The van der Waals surface area contributed by atoms with Crippen molar-refractivity contribution >= 4 is 23.4 Å². The summed E-state index contributed by atoms with van der Waals surface area (Å²) in [6, 6.07) is 1.29. The Bertz CT molecular complexity index is 338. The van der Waals surface area contributed by atoms with Gasteiger partial charge >= 0.3 is 5.97 Å². The summed E-state index contributed by atoms with van der Waals surface area (Å²) in [5.74, 6) is -1.13. The highest BCUT2D eigenvalue weighted by Crippen LogP contribution is 2.18. The van der Waals surface area contributed by atoms with E-state index in [1.165, 1.54) is 6.07 Å². The van der Waals surface area contributed by atoms with Gasteiger partial charge in [0.15, 0.2) is 0 Å². The fraction of sp³-hybridized carbons (Fsp3) is 0.143. The molecule has 0 aliphatic heterocycles. The Balaban J connectivity index is 3.33. The molecule has 0 spiro atoms. The average Bonchev–Trinajstić information content (AvgIpc) is 1.96. The molecular formula is C7H7ClN2O2. The van der Waals surface area contributed by atoms with Crippen LogP contribution in [0.2, 0.25) is 5.02 Å². The van der Waals surface area contributed by atoms with E-state index in [1.54, 1.807) is 6.92 Å². The number of nitrogen functional groups attached to an aromatic ring is 1. The van der Waals surface area contributed by atoms with Gasteiger partial charge in [-0.3, -0.25) is 0 Å². The van der Waals surface area contributed by atoms with Gasteiger partial charge in [-0.1, -0.05) is 11.6 Å². The largest absolute Gasteiger partial charge is 0.478 e. The fourth-order valence-corrected chi connectivity index (χ4v) is 0.922. The van der Waals surface area contributed by atoms with Gasteiger partial charge < -0.3 is 10.8 Å². The second-order valence-electron chi connectivity index (χ2n) is 2.29. The van der Waals surface area contributed by atoms with Crippen molar-refractivity contribution in [3.8, 4) is 0 Å². The van der Waals surface area contributed by atoms with Gasteiger partial charge in [0.05, 0.1) is 10.7 Å². The maximum absolute atomic E-state index is 10.5. The van der Waals surface area contributed by atoms with E-state index in [1.807, 2.05) is 0 Å². The van der Waals surface area contributed by atoms with Crippen LogP contribution in [0.15, 0.2) is 6.07 Å². The van der Waals surface area contributed by atoms with Gasteiger partial charge in [-0.15, -0.1) is 0 Å². The summed E-state index contributed by atoms with van der Waals surface area (Å²) >= 11 is 5.65. The molecule has 3 N–H and O–H groups in total. The molecule has 64 valence electrons. The van der Waals surface area contributed by atoms with Crippen molar-refractivity contribution in [2.24, 2.45) is 0 Å². The quantitative estimate of drug-likeness (QED) is 0.694. The van der Waals surface area contributed by atoms with Crippen molar-refractivity contribution in [2.45, 2.75) is 6.92 Å². The van der Waals surface area contributed by atoms with Crippen molar-refractivity contribution in [1.29, 1.82) is 0 Å². The number of hydrogen-bond acceptors (Lipinski definition) is 3. The van der Waals surface area contributed by atoms with Crippen LogP contribution in [0.3, 0.4) is 0 Å². The van der Waals surface area contributed by atoms with Gasteiger partial charge in [0, 0.05) is 0 Å². The highest BCUT2D eigenvalue weighted by atomic mass is 35.5. The molecule has 5 heteroatoms. The van der Waals surface area contributed by atoms with Crippen molar-refractivity contribution in [2.75, 3.05) is 5.73 Å². The number of carboxylic acids is 1. The summed E-state index contributed by atoms with van der Waals surface area (Å²) in [4.78, 5) is 14.3. The number of aromatic nitrogens is 1. The standard InChI is InChI=1S/C7H7ClN2O2/c1-3-5(8)2-4(7(11)12)6(9)10-3/h2H,1H3,(H2,9,10)(H,11,12).